The van der Waals surface area contributed by atoms with E-state index in [1.165, 1.54) is 6.42 Å². The van der Waals surface area contributed by atoms with Crippen molar-refractivity contribution in [2.45, 2.75) is 69.6 Å². The summed E-state index contributed by atoms with van der Waals surface area (Å²) in [5, 5.41) is 19.2. The van der Waals surface area contributed by atoms with Gasteiger partial charge in [0.25, 0.3) is 0 Å². The number of aromatic amines is 1. The van der Waals surface area contributed by atoms with Gasteiger partial charge in [-0.1, -0.05) is 48.5 Å². The van der Waals surface area contributed by atoms with Crippen LogP contribution in [0.4, 0.5) is 4.79 Å². The van der Waals surface area contributed by atoms with Crippen molar-refractivity contribution in [1.82, 2.24) is 20.9 Å². The van der Waals surface area contributed by atoms with Gasteiger partial charge in [-0.15, -0.1) is 0 Å². The first-order valence-corrected chi connectivity index (χ1v) is 16.6. The summed E-state index contributed by atoms with van der Waals surface area (Å²) in [6, 6.07) is 16.5. The number of fused-ring (bicyclic) bond motifs is 1. The minimum Gasteiger partial charge on any atom is -0.481 e. The molecule has 4 atom stereocenters. The number of hydrogen-bond acceptors (Lipinski definition) is 5. The summed E-state index contributed by atoms with van der Waals surface area (Å²) in [6.45, 7) is 1.76. The van der Waals surface area contributed by atoms with E-state index in [0.29, 0.717) is 18.3 Å². The highest BCUT2D eigenvalue weighted by Crippen LogP contribution is 2.54. The van der Waals surface area contributed by atoms with Crippen LogP contribution in [0, 0.1) is 35.5 Å². The van der Waals surface area contributed by atoms with Gasteiger partial charge in [0.2, 0.25) is 11.8 Å². The van der Waals surface area contributed by atoms with E-state index < -0.39 is 41.4 Å². The van der Waals surface area contributed by atoms with Crippen molar-refractivity contribution in [2.24, 2.45) is 35.5 Å². The lowest BCUT2D eigenvalue weighted by molar-refractivity contribution is -0.140. The molecule has 3 amide bonds. The number of H-pyrrole nitrogens is 1. The van der Waals surface area contributed by atoms with Gasteiger partial charge < -0.3 is 30.8 Å². The van der Waals surface area contributed by atoms with Crippen LogP contribution in [0.1, 0.15) is 62.6 Å². The molecule has 1 aromatic heterocycles. The van der Waals surface area contributed by atoms with E-state index in [9.17, 15) is 24.3 Å². The summed E-state index contributed by atoms with van der Waals surface area (Å²) in [7, 11) is 0. The summed E-state index contributed by atoms with van der Waals surface area (Å²) < 4.78 is 6.15. The predicted molar refractivity (Wildman–Crippen MR) is 170 cm³/mol. The van der Waals surface area contributed by atoms with Crippen LogP contribution in [0.5, 0.6) is 0 Å². The summed E-state index contributed by atoms with van der Waals surface area (Å²) >= 11 is 0. The summed E-state index contributed by atoms with van der Waals surface area (Å²) in [6.07, 6.45) is 7.41. The highest BCUT2D eigenvalue weighted by molar-refractivity contribution is 5.92. The van der Waals surface area contributed by atoms with Gasteiger partial charge in [0.1, 0.15) is 11.6 Å². The van der Waals surface area contributed by atoms with Gasteiger partial charge in [-0.05, 0) is 86.3 Å². The van der Waals surface area contributed by atoms with Crippen LogP contribution in [0.3, 0.4) is 0 Å². The molecule has 1 heterocycles. The van der Waals surface area contributed by atoms with Gasteiger partial charge >= 0.3 is 12.1 Å². The molecule has 4 unspecified atom stereocenters. The molecule has 2 aromatic carbocycles. The fourth-order valence-electron chi connectivity index (χ4n) is 8.65. The summed E-state index contributed by atoms with van der Waals surface area (Å²) in [4.78, 5) is 55.3. The number of rotatable bonds is 11. The van der Waals surface area contributed by atoms with Gasteiger partial charge in [-0.2, -0.15) is 0 Å². The van der Waals surface area contributed by atoms with Gasteiger partial charge in [0.05, 0.1) is 17.9 Å². The number of carbonyl (C=O) groups is 4. The second-order valence-electron chi connectivity index (χ2n) is 14.3. The Morgan fingerprint density at radius 1 is 0.913 bits per heavy atom. The van der Waals surface area contributed by atoms with E-state index in [1.807, 2.05) is 60.8 Å². The number of alkyl carbamates (subject to hydrolysis) is 1. The molecule has 5 saturated carbocycles. The van der Waals surface area contributed by atoms with Crippen molar-refractivity contribution in [2.75, 3.05) is 6.54 Å². The number of aliphatic carboxylic acids is 1. The third kappa shape index (κ3) is 6.09. The van der Waals surface area contributed by atoms with E-state index in [-0.39, 0.29) is 25.0 Å². The maximum absolute atomic E-state index is 14.1. The molecule has 10 nitrogen and oxygen atoms in total. The average molecular weight is 627 g/mol. The molecule has 10 heteroatoms. The molecule has 5 fully saturated rings. The standard InChI is InChI=1S/C36H42N4O6/c1-36(17-25-18-37-29-10-6-5-9-26(25)29,40-35(45)46-31-23-12-20-11-21(14-23)15-24(31)13-20)34(44)38-19-30(22-7-3-2-4-8-22)39-32(41)27-16-28(27)33(42)43/h2-10,18,20-21,23-24,27-28,30-31,37H,11-17,19H2,1H3,(H,38,44)(H,39,41)(H,40,45)(H,42,43). The van der Waals surface area contributed by atoms with Gasteiger partial charge in [0.15, 0.2) is 0 Å². The monoisotopic (exact) mass is 626 g/mol. The van der Waals surface area contributed by atoms with Crippen LogP contribution < -0.4 is 16.0 Å². The van der Waals surface area contributed by atoms with Crippen molar-refractivity contribution in [3.63, 3.8) is 0 Å². The second-order valence-corrected chi connectivity index (χ2v) is 14.3. The first-order valence-electron chi connectivity index (χ1n) is 16.6. The fraction of sp³-hybridized carbons (Fsp3) is 0.500. The minimum atomic E-state index is -1.37. The molecule has 4 bridgehead atoms. The number of carbonyl (C=O) groups excluding carboxylic acids is 3. The molecule has 3 aromatic rings. The molecule has 46 heavy (non-hydrogen) atoms. The number of carboxylic acid groups (broad SMARTS) is 1. The predicted octanol–water partition coefficient (Wildman–Crippen LogP) is 4.71. The Labute approximate surface area is 268 Å². The Morgan fingerprint density at radius 3 is 2.26 bits per heavy atom. The number of ether oxygens (including phenoxy) is 1. The van der Waals surface area contributed by atoms with E-state index in [2.05, 4.69) is 20.9 Å². The Hall–Kier alpha value is -4.34. The highest BCUT2D eigenvalue weighted by Gasteiger charge is 2.51. The number of benzene rings is 2. The van der Waals surface area contributed by atoms with Crippen LogP contribution in [-0.4, -0.2) is 52.2 Å². The van der Waals surface area contributed by atoms with Crippen LogP contribution in [0.2, 0.25) is 0 Å². The first kappa shape index (κ1) is 30.3. The molecule has 0 aliphatic heterocycles. The van der Waals surface area contributed by atoms with E-state index in [0.717, 1.165) is 59.5 Å². The second kappa shape index (κ2) is 12.1. The molecule has 5 N–H and O–H groups in total. The van der Waals surface area contributed by atoms with Crippen LogP contribution in [0.25, 0.3) is 10.9 Å². The molecule has 242 valence electrons. The Morgan fingerprint density at radius 2 is 1.59 bits per heavy atom. The SMILES string of the molecule is CC(Cc1c[nH]c2ccccc12)(NC(=O)OC1C2CC3CC(C2)CC1C3)C(=O)NCC(NC(=O)C1CC1C(=O)O)c1ccccc1. The number of hydrogen-bond donors (Lipinski definition) is 5. The largest absolute Gasteiger partial charge is 0.481 e. The van der Waals surface area contributed by atoms with Crippen LogP contribution in [0.15, 0.2) is 60.8 Å². The van der Waals surface area contributed by atoms with Crippen molar-refractivity contribution in [3.8, 4) is 0 Å². The lowest BCUT2D eigenvalue weighted by Gasteiger charge is -2.53. The third-order valence-corrected chi connectivity index (χ3v) is 10.9. The Bertz CT molecular complexity index is 1610. The molecule has 8 rings (SSSR count). The number of amides is 3. The van der Waals surface area contributed by atoms with Crippen molar-refractivity contribution < 1.29 is 29.0 Å². The molecule has 5 aliphatic carbocycles. The minimum absolute atomic E-state index is 0.0504. The zero-order valence-corrected chi connectivity index (χ0v) is 26.0. The van der Waals surface area contributed by atoms with Gasteiger partial charge in [-0.25, -0.2) is 4.79 Å². The molecular weight excluding hydrogens is 584 g/mol. The first-order chi connectivity index (χ1) is 22.2. The third-order valence-electron chi connectivity index (χ3n) is 10.9. The number of aromatic nitrogens is 1. The Balaban J connectivity index is 1.08. The van der Waals surface area contributed by atoms with Crippen molar-refractivity contribution in [3.05, 3.63) is 71.9 Å². The number of para-hydroxylation sites is 1. The van der Waals surface area contributed by atoms with Crippen molar-refractivity contribution in [1.29, 1.82) is 0 Å². The van der Waals surface area contributed by atoms with E-state index in [1.54, 1.807) is 6.92 Å². The molecule has 0 saturated heterocycles. The topological polar surface area (TPSA) is 150 Å². The van der Waals surface area contributed by atoms with Gasteiger partial charge in [-0.3, -0.25) is 14.4 Å². The smallest absolute Gasteiger partial charge is 0.408 e. The van der Waals surface area contributed by atoms with Crippen LogP contribution >= 0.6 is 0 Å². The highest BCUT2D eigenvalue weighted by atomic mass is 16.6. The van der Waals surface area contributed by atoms with Crippen molar-refractivity contribution >= 4 is 34.8 Å². The van der Waals surface area contributed by atoms with E-state index >= 15 is 0 Å². The van der Waals surface area contributed by atoms with E-state index in [4.69, 9.17) is 4.74 Å². The lowest BCUT2D eigenvalue weighted by atomic mass is 9.55. The fourth-order valence-corrected chi connectivity index (χ4v) is 8.65. The Kier molecular flexibility index (Phi) is 7.98. The number of nitrogens with one attached hydrogen (secondary N) is 4. The lowest BCUT2D eigenvalue weighted by Crippen LogP contribution is -2.60. The quantitative estimate of drug-likeness (QED) is 0.208. The van der Waals surface area contributed by atoms with Crippen LogP contribution in [-0.2, 0) is 25.5 Å². The van der Waals surface area contributed by atoms with Gasteiger partial charge in [0, 0.05) is 30.1 Å². The molecular formula is C36H42N4O6. The average Bonchev–Trinajstić information content (AvgIpc) is 3.76. The summed E-state index contributed by atoms with van der Waals surface area (Å²) in [5.41, 5.74) is 1.22. The zero-order valence-electron chi connectivity index (χ0n) is 26.0. The normalized spacial score (nSPS) is 29.4. The maximum Gasteiger partial charge on any atom is 0.408 e. The molecule has 0 spiro atoms. The zero-order chi connectivity index (χ0) is 32.0. The number of carboxylic acids is 1. The maximum atomic E-state index is 14.1. The summed E-state index contributed by atoms with van der Waals surface area (Å²) in [5.74, 6) is -0.754. The molecule has 5 aliphatic rings. The molecule has 0 radical (unpaired) electrons.